The monoisotopic (exact) mass is 268 g/mol. The standard InChI is InChI=1S/C12H20N4O3/c1-4-19-12(18)7-16(10(2)3)11(17)5-6-15-9-13-8-14-15/h8-10H,4-7H2,1-3H3. The molecule has 7 nitrogen and oxygen atoms in total. The van der Waals surface area contributed by atoms with E-state index in [1.54, 1.807) is 17.9 Å². The number of rotatable bonds is 7. The molecule has 0 aliphatic heterocycles. The lowest BCUT2D eigenvalue weighted by Crippen LogP contribution is -2.41. The Bertz CT molecular complexity index is 403. The number of aryl methyl sites for hydroxylation is 1. The SMILES string of the molecule is CCOC(=O)CN(C(=O)CCn1cncn1)C(C)C. The summed E-state index contributed by atoms with van der Waals surface area (Å²) >= 11 is 0. The van der Waals surface area contributed by atoms with Crippen molar-refractivity contribution >= 4 is 11.9 Å². The van der Waals surface area contributed by atoms with Crippen molar-refractivity contribution in [2.75, 3.05) is 13.2 Å². The van der Waals surface area contributed by atoms with Gasteiger partial charge >= 0.3 is 5.97 Å². The molecule has 0 unspecified atom stereocenters. The molecule has 1 rings (SSSR count). The molecule has 1 aromatic heterocycles. The van der Waals surface area contributed by atoms with Crippen molar-refractivity contribution in [2.45, 2.75) is 39.8 Å². The van der Waals surface area contributed by atoms with Crippen molar-refractivity contribution in [1.29, 1.82) is 0 Å². The number of carbonyl (C=O) groups is 2. The largest absolute Gasteiger partial charge is 0.465 e. The van der Waals surface area contributed by atoms with Gasteiger partial charge in [0.05, 0.1) is 13.2 Å². The Morgan fingerprint density at radius 2 is 2.16 bits per heavy atom. The average molecular weight is 268 g/mol. The summed E-state index contributed by atoms with van der Waals surface area (Å²) in [5, 5.41) is 3.93. The first-order valence-electron chi connectivity index (χ1n) is 6.32. The third-order valence-electron chi connectivity index (χ3n) is 2.57. The first-order chi connectivity index (χ1) is 9.04. The molecule has 1 heterocycles. The summed E-state index contributed by atoms with van der Waals surface area (Å²) in [6.07, 6.45) is 3.25. The summed E-state index contributed by atoms with van der Waals surface area (Å²) in [7, 11) is 0. The second-order valence-electron chi connectivity index (χ2n) is 4.33. The highest BCUT2D eigenvalue weighted by molar-refractivity contribution is 5.82. The maximum absolute atomic E-state index is 12.1. The molecule has 1 amide bonds. The van der Waals surface area contributed by atoms with Crippen molar-refractivity contribution in [1.82, 2.24) is 19.7 Å². The number of esters is 1. The van der Waals surface area contributed by atoms with Gasteiger partial charge in [0.25, 0.3) is 0 Å². The van der Waals surface area contributed by atoms with Gasteiger partial charge in [-0.15, -0.1) is 0 Å². The van der Waals surface area contributed by atoms with E-state index in [2.05, 4.69) is 10.1 Å². The summed E-state index contributed by atoms with van der Waals surface area (Å²) in [5.74, 6) is -0.483. The van der Waals surface area contributed by atoms with Crippen LogP contribution in [0.1, 0.15) is 27.2 Å². The second-order valence-corrected chi connectivity index (χ2v) is 4.33. The van der Waals surface area contributed by atoms with Gasteiger partial charge in [-0.2, -0.15) is 5.10 Å². The molecule has 0 bridgehead atoms. The molecule has 19 heavy (non-hydrogen) atoms. The van der Waals surface area contributed by atoms with Gasteiger partial charge in [-0.25, -0.2) is 4.98 Å². The van der Waals surface area contributed by atoms with E-state index in [1.807, 2.05) is 13.8 Å². The molecule has 0 aliphatic rings. The predicted octanol–water partition coefficient (Wildman–Crippen LogP) is 0.468. The van der Waals surface area contributed by atoms with Crippen LogP contribution in [0.3, 0.4) is 0 Å². The molecule has 7 heteroatoms. The lowest BCUT2D eigenvalue weighted by atomic mass is 10.2. The number of ether oxygens (including phenoxy) is 1. The highest BCUT2D eigenvalue weighted by Crippen LogP contribution is 2.03. The number of aromatic nitrogens is 3. The minimum atomic E-state index is -0.384. The van der Waals surface area contributed by atoms with Gasteiger partial charge in [0, 0.05) is 12.5 Å². The van der Waals surface area contributed by atoms with Crippen molar-refractivity contribution in [2.24, 2.45) is 0 Å². The van der Waals surface area contributed by atoms with Crippen molar-refractivity contribution in [3.8, 4) is 0 Å². The Morgan fingerprint density at radius 3 is 2.68 bits per heavy atom. The highest BCUT2D eigenvalue weighted by Gasteiger charge is 2.20. The van der Waals surface area contributed by atoms with Crippen molar-refractivity contribution in [3.05, 3.63) is 12.7 Å². The Balaban J connectivity index is 2.50. The smallest absolute Gasteiger partial charge is 0.325 e. The number of carbonyl (C=O) groups excluding carboxylic acids is 2. The van der Waals surface area contributed by atoms with Crippen molar-refractivity contribution < 1.29 is 14.3 Å². The van der Waals surface area contributed by atoms with E-state index in [1.165, 1.54) is 11.2 Å². The molecule has 0 fully saturated rings. The topological polar surface area (TPSA) is 77.3 Å². The molecule has 0 saturated heterocycles. The number of hydrogen-bond donors (Lipinski definition) is 0. The zero-order valence-electron chi connectivity index (χ0n) is 11.6. The molecular weight excluding hydrogens is 248 g/mol. The Labute approximate surface area is 112 Å². The van der Waals surface area contributed by atoms with Crippen molar-refractivity contribution in [3.63, 3.8) is 0 Å². The second kappa shape index (κ2) is 7.50. The summed E-state index contributed by atoms with van der Waals surface area (Å²) in [5.41, 5.74) is 0. The van der Waals surface area contributed by atoms with Crippen LogP contribution >= 0.6 is 0 Å². The van der Waals surface area contributed by atoms with Crippen LogP contribution in [-0.2, 0) is 20.9 Å². The average Bonchev–Trinajstić information content (AvgIpc) is 2.86. The molecule has 0 aliphatic carbocycles. The molecule has 0 spiro atoms. The van der Waals surface area contributed by atoms with E-state index in [4.69, 9.17) is 4.74 Å². The van der Waals surface area contributed by atoms with E-state index >= 15 is 0 Å². The minimum absolute atomic E-state index is 0.0122. The zero-order chi connectivity index (χ0) is 14.3. The Kier molecular flexibility index (Phi) is 5.98. The zero-order valence-corrected chi connectivity index (χ0v) is 11.6. The fraction of sp³-hybridized carbons (Fsp3) is 0.667. The normalized spacial score (nSPS) is 10.5. The van der Waals surface area contributed by atoms with Crippen LogP contribution in [0, 0.1) is 0 Å². The van der Waals surface area contributed by atoms with Gasteiger partial charge in [0.15, 0.2) is 0 Å². The molecule has 0 aromatic carbocycles. The quantitative estimate of drug-likeness (QED) is 0.672. The summed E-state index contributed by atoms with van der Waals surface area (Å²) in [4.78, 5) is 28.8. The van der Waals surface area contributed by atoms with E-state index in [0.29, 0.717) is 13.2 Å². The number of nitrogens with zero attached hydrogens (tertiary/aromatic N) is 4. The Morgan fingerprint density at radius 1 is 1.42 bits per heavy atom. The molecule has 0 radical (unpaired) electrons. The predicted molar refractivity (Wildman–Crippen MR) is 68.1 cm³/mol. The van der Waals surface area contributed by atoms with Gasteiger partial charge < -0.3 is 9.64 Å². The van der Waals surface area contributed by atoms with Crippen LogP contribution in [0.25, 0.3) is 0 Å². The summed E-state index contributed by atoms with van der Waals surface area (Å²) in [6.45, 7) is 6.23. The van der Waals surface area contributed by atoms with Crippen LogP contribution in [-0.4, -0.2) is 50.7 Å². The Hall–Kier alpha value is -1.92. The minimum Gasteiger partial charge on any atom is -0.465 e. The third kappa shape index (κ3) is 5.07. The van der Waals surface area contributed by atoms with E-state index < -0.39 is 0 Å². The number of amides is 1. The number of hydrogen-bond acceptors (Lipinski definition) is 5. The van der Waals surface area contributed by atoms with Crippen LogP contribution in [0.4, 0.5) is 0 Å². The molecule has 0 atom stereocenters. The van der Waals surface area contributed by atoms with Crippen LogP contribution in [0.5, 0.6) is 0 Å². The molecule has 106 valence electrons. The van der Waals surface area contributed by atoms with E-state index in [0.717, 1.165) is 0 Å². The van der Waals surface area contributed by atoms with Gasteiger partial charge in [-0.3, -0.25) is 14.3 Å². The van der Waals surface area contributed by atoms with Crippen LogP contribution < -0.4 is 0 Å². The summed E-state index contributed by atoms with van der Waals surface area (Å²) in [6, 6.07) is -0.0485. The lowest BCUT2D eigenvalue weighted by Gasteiger charge is -2.25. The molecule has 0 saturated carbocycles. The fourth-order valence-electron chi connectivity index (χ4n) is 1.61. The van der Waals surface area contributed by atoms with E-state index in [9.17, 15) is 9.59 Å². The maximum atomic E-state index is 12.1. The molecule has 1 aromatic rings. The molecular formula is C12H20N4O3. The first-order valence-corrected chi connectivity index (χ1v) is 6.32. The third-order valence-corrected chi connectivity index (χ3v) is 2.57. The van der Waals surface area contributed by atoms with Crippen LogP contribution in [0.2, 0.25) is 0 Å². The summed E-state index contributed by atoms with van der Waals surface area (Å²) < 4.78 is 6.45. The van der Waals surface area contributed by atoms with Gasteiger partial charge in [0.2, 0.25) is 5.91 Å². The fourth-order valence-corrected chi connectivity index (χ4v) is 1.61. The van der Waals surface area contributed by atoms with Gasteiger partial charge in [-0.05, 0) is 20.8 Å². The lowest BCUT2D eigenvalue weighted by molar-refractivity contribution is -0.150. The van der Waals surface area contributed by atoms with Crippen LogP contribution in [0.15, 0.2) is 12.7 Å². The van der Waals surface area contributed by atoms with Gasteiger partial charge in [0.1, 0.15) is 19.2 Å². The van der Waals surface area contributed by atoms with Gasteiger partial charge in [-0.1, -0.05) is 0 Å². The first kappa shape index (κ1) is 15.1. The van der Waals surface area contributed by atoms with E-state index in [-0.39, 0.29) is 30.9 Å². The molecule has 0 N–H and O–H groups in total. The maximum Gasteiger partial charge on any atom is 0.325 e. The highest BCUT2D eigenvalue weighted by atomic mass is 16.5.